The Kier molecular flexibility index (Phi) is 5.25. The lowest BCUT2D eigenvalue weighted by atomic mass is 9.77. The van der Waals surface area contributed by atoms with Gasteiger partial charge in [0.1, 0.15) is 6.33 Å². The number of fused-ring (bicyclic) bond motifs is 1. The highest BCUT2D eigenvalue weighted by molar-refractivity contribution is 5.80. The first-order valence-electron chi connectivity index (χ1n) is 9.16. The fraction of sp³-hybridized carbons (Fsp3) is 0.526. The van der Waals surface area contributed by atoms with Crippen molar-refractivity contribution < 1.29 is 14.7 Å². The fourth-order valence-corrected chi connectivity index (χ4v) is 3.96. The van der Waals surface area contributed by atoms with Crippen LogP contribution < -0.4 is 0 Å². The summed E-state index contributed by atoms with van der Waals surface area (Å²) in [7, 11) is 0. The van der Waals surface area contributed by atoms with Gasteiger partial charge in [0.2, 0.25) is 5.91 Å². The normalized spacial score (nSPS) is 20.0. The van der Waals surface area contributed by atoms with Gasteiger partial charge >= 0.3 is 5.97 Å². The number of amides is 1. The molecule has 8 heteroatoms. The number of allylic oxidation sites excluding steroid dienone is 1. The summed E-state index contributed by atoms with van der Waals surface area (Å²) >= 11 is 0. The predicted octanol–water partition coefficient (Wildman–Crippen LogP) is 1.94. The monoisotopic (exact) mass is 371 g/mol. The summed E-state index contributed by atoms with van der Waals surface area (Å²) < 4.78 is 1.67. The molecule has 1 unspecified atom stereocenters. The maximum absolute atomic E-state index is 12.8. The van der Waals surface area contributed by atoms with Crippen LogP contribution in [0.3, 0.4) is 0 Å². The number of carbonyl (C=O) groups is 2. The van der Waals surface area contributed by atoms with E-state index in [-0.39, 0.29) is 12.5 Å². The van der Waals surface area contributed by atoms with Gasteiger partial charge in [-0.05, 0) is 45.1 Å². The number of carboxylic acid groups (broad SMARTS) is 1. The van der Waals surface area contributed by atoms with E-state index in [9.17, 15) is 14.7 Å². The van der Waals surface area contributed by atoms with Crippen LogP contribution in [-0.4, -0.2) is 54.6 Å². The Hall–Kier alpha value is -2.77. The third-order valence-electron chi connectivity index (χ3n) is 5.50. The minimum Gasteiger partial charge on any atom is -0.481 e. The molecule has 1 aliphatic heterocycles. The topological polar surface area (TPSA) is 101 Å². The van der Waals surface area contributed by atoms with Crippen LogP contribution in [-0.2, 0) is 16.0 Å². The second-order valence-electron chi connectivity index (χ2n) is 7.23. The van der Waals surface area contributed by atoms with Crippen molar-refractivity contribution in [1.29, 1.82) is 0 Å². The van der Waals surface area contributed by atoms with Gasteiger partial charge in [-0.1, -0.05) is 6.08 Å². The van der Waals surface area contributed by atoms with Crippen molar-refractivity contribution in [1.82, 2.24) is 24.5 Å². The first-order valence-corrected chi connectivity index (χ1v) is 9.16. The van der Waals surface area contributed by atoms with E-state index in [1.807, 2.05) is 13.8 Å². The Bertz CT molecular complexity index is 891. The highest BCUT2D eigenvalue weighted by Crippen LogP contribution is 2.34. The summed E-state index contributed by atoms with van der Waals surface area (Å²) in [5.41, 5.74) is 1.83. The lowest BCUT2D eigenvalue weighted by Gasteiger charge is -2.39. The number of hydrogen-bond acceptors (Lipinski definition) is 5. The predicted molar refractivity (Wildman–Crippen MR) is 99.3 cm³/mol. The molecule has 8 nitrogen and oxygen atoms in total. The molecule has 3 heterocycles. The summed E-state index contributed by atoms with van der Waals surface area (Å²) in [6.45, 7) is 8.37. The molecule has 3 rings (SSSR count). The average molecular weight is 371 g/mol. The molecule has 1 amide bonds. The average Bonchev–Trinajstić information content (AvgIpc) is 3.10. The standard InChI is InChI=1S/C19H25N5O3/c1-4-8-19(17(26)27)9-5-10-23(11-19)16(25)7-6-15-13(2)22-18-20-12-21-24(18)14(15)3/h4,12H,1,5-11H2,2-3H3,(H,26,27). The summed E-state index contributed by atoms with van der Waals surface area (Å²) in [6.07, 6.45) is 5.58. The molecule has 0 spiro atoms. The molecule has 144 valence electrons. The molecule has 0 radical (unpaired) electrons. The maximum Gasteiger partial charge on any atom is 0.311 e. The van der Waals surface area contributed by atoms with Gasteiger partial charge in [0.05, 0.1) is 5.41 Å². The zero-order chi connectivity index (χ0) is 19.6. The van der Waals surface area contributed by atoms with Crippen LogP contribution in [0, 0.1) is 19.3 Å². The van der Waals surface area contributed by atoms with Gasteiger partial charge in [-0.3, -0.25) is 9.59 Å². The van der Waals surface area contributed by atoms with Crippen molar-refractivity contribution in [2.75, 3.05) is 13.1 Å². The molecule has 0 bridgehead atoms. The van der Waals surface area contributed by atoms with Gasteiger partial charge in [-0.25, -0.2) is 9.50 Å². The summed E-state index contributed by atoms with van der Waals surface area (Å²) in [5.74, 6) is -0.332. The van der Waals surface area contributed by atoms with E-state index in [4.69, 9.17) is 0 Å². The zero-order valence-corrected chi connectivity index (χ0v) is 15.8. The van der Waals surface area contributed by atoms with Crippen LogP contribution in [0.25, 0.3) is 5.78 Å². The second-order valence-corrected chi connectivity index (χ2v) is 7.23. The number of carboxylic acids is 1. The lowest BCUT2D eigenvalue weighted by molar-refractivity contribution is -0.154. The molecule has 1 fully saturated rings. The molecule has 0 aromatic carbocycles. The molecule has 1 aliphatic rings. The van der Waals surface area contributed by atoms with E-state index >= 15 is 0 Å². The number of aliphatic carboxylic acids is 1. The van der Waals surface area contributed by atoms with Gasteiger partial charge in [0.15, 0.2) is 0 Å². The van der Waals surface area contributed by atoms with Gasteiger partial charge in [0.25, 0.3) is 5.78 Å². The molecular formula is C19H25N5O3. The highest BCUT2D eigenvalue weighted by Gasteiger charge is 2.42. The highest BCUT2D eigenvalue weighted by atomic mass is 16.4. The van der Waals surface area contributed by atoms with Gasteiger partial charge in [-0.15, -0.1) is 6.58 Å². The number of aromatic nitrogens is 4. The van der Waals surface area contributed by atoms with E-state index in [0.29, 0.717) is 44.4 Å². The molecule has 27 heavy (non-hydrogen) atoms. The third-order valence-corrected chi connectivity index (χ3v) is 5.50. The first-order chi connectivity index (χ1) is 12.9. The van der Waals surface area contributed by atoms with Crippen molar-refractivity contribution in [2.24, 2.45) is 5.41 Å². The van der Waals surface area contributed by atoms with Crippen molar-refractivity contribution in [3.8, 4) is 0 Å². The van der Waals surface area contributed by atoms with E-state index in [0.717, 1.165) is 17.0 Å². The Morgan fingerprint density at radius 3 is 2.89 bits per heavy atom. The number of rotatable bonds is 6. The van der Waals surface area contributed by atoms with Gasteiger partial charge in [0, 0.05) is 30.9 Å². The van der Waals surface area contributed by atoms with Gasteiger partial charge < -0.3 is 10.0 Å². The molecule has 1 atom stereocenters. The van der Waals surface area contributed by atoms with Gasteiger partial charge in [-0.2, -0.15) is 10.1 Å². The minimum atomic E-state index is -0.914. The minimum absolute atomic E-state index is 0.0260. The van der Waals surface area contributed by atoms with Crippen LogP contribution in [0.4, 0.5) is 0 Å². The Morgan fingerprint density at radius 2 is 2.19 bits per heavy atom. The summed E-state index contributed by atoms with van der Waals surface area (Å²) in [4.78, 5) is 34.8. The number of piperidine rings is 1. The van der Waals surface area contributed by atoms with Crippen molar-refractivity contribution in [3.63, 3.8) is 0 Å². The number of hydrogen-bond donors (Lipinski definition) is 1. The van der Waals surface area contributed by atoms with Crippen LogP contribution in [0.5, 0.6) is 0 Å². The van der Waals surface area contributed by atoms with E-state index in [1.165, 1.54) is 6.33 Å². The van der Waals surface area contributed by atoms with Crippen molar-refractivity contribution in [2.45, 2.75) is 46.0 Å². The summed E-state index contributed by atoms with van der Waals surface area (Å²) in [5, 5.41) is 13.8. The Labute approximate surface area is 157 Å². The third kappa shape index (κ3) is 3.56. The number of carbonyl (C=O) groups excluding carboxylic acids is 1. The molecule has 0 aliphatic carbocycles. The van der Waals surface area contributed by atoms with E-state index in [2.05, 4.69) is 21.6 Å². The molecule has 0 saturated carbocycles. The van der Waals surface area contributed by atoms with Crippen LogP contribution >= 0.6 is 0 Å². The maximum atomic E-state index is 12.8. The van der Waals surface area contributed by atoms with Crippen molar-refractivity contribution >= 4 is 17.7 Å². The van der Waals surface area contributed by atoms with E-state index < -0.39 is 11.4 Å². The molecule has 1 N–H and O–H groups in total. The van der Waals surface area contributed by atoms with E-state index in [1.54, 1.807) is 15.5 Å². The molecule has 1 saturated heterocycles. The molecule has 2 aromatic heterocycles. The number of nitrogens with zero attached hydrogens (tertiary/aromatic N) is 5. The molecular weight excluding hydrogens is 346 g/mol. The Balaban J connectivity index is 1.72. The zero-order valence-electron chi connectivity index (χ0n) is 15.8. The number of likely N-dealkylation sites (tertiary alicyclic amines) is 1. The fourth-order valence-electron chi connectivity index (χ4n) is 3.96. The largest absolute Gasteiger partial charge is 0.481 e. The Morgan fingerprint density at radius 1 is 1.41 bits per heavy atom. The van der Waals surface area contributed by atoms with Crippen LogP contribution in [0.2, 0.25) is 0 Å². The first kappa shape index (κ1) is 19.0. The van der Waals surface area contributed by atoms with Crippen LogP contribution in [0.15, 0.2) is 19.0 Å². The second kappa shape index (κ2) is 7.46. The quantitative estimate of drug-likeness (QED) is 0.779. The smallest absolute Gasteiger partial charge is 0.311 e. The van der Waals surface area contributed by atoms with Crippen molar-refractivity contribution in [3.05, 3.63) is 35.9 Å². The van der Waals surface area contributed by atoms with Crippen LogP contribution in [0.1, 0.15) is 42.6 Å². The molecule has 2 aromatic rings. The number of aryl methyl sites for hydroxylation is 2. The summed E-state index contributed by atoms with van der Waals surface area (Å²) in [6, 6.07) is 0. The SMILES string of the molecule is C=CCC1(C(=O)O)CCCN(C(=O)CCc2c(C)nc3ncnn3c2C)C1. The lowest BCUT2D eigenvalue weighted by Crippen LogP contribution is -2.49.